The fourth-order valence-electron chi connectivity index (χ4n) is 1.54. The maximum atomic E-state index is 8.40. The van der Waals surface area contributed by atoms with Gasteiger partial charge in [0.2, 0.25) is 0 Å². The number of nitrogens with zero attached hydrogens (tertiary/aromatic N) is 2. The summed E-state index contributed by atoms with van der Waals surface area (Å²) in [6.07, 6.45) is 5.33. The van der Waals surface area contributed by atoms with Crippen LogP contribution in [0.2, 0.25) is 0 Å². The van der Waals surface area contributed by atoms with E-state index in [4.69, 9.17) is 5.26 Å². The second-order valence-corrected chi connectivity index (χ2v) is 3.21. The van der Waals surface area contributed by atoms with Crippen LogP contribution in [-0.2, 0) is 7.05 Å². The molecule has 1 aromatic carbocycles. The van der Waals surface area contributed by atoms with E-state index in [1.54, 1.807) is 0 Å². The molecule has 0 aliphatic rings. The van der Waals surface area contributed by atoms with Crippen LogP contribution in [0, 0.1) is 11.3 Å². The minimum absolute atomic E-state index is 1.06. The van der Waals surface area contributed by atoms with Gasteiger partial charge in [-0.2, -0.15) is 5.26 Å². The highest BCUT2D eigenvalue weighted by atomic mass is 14.9. The third-order valence-electron chi connectivity index (χ3n) is 2.26. The molecular weight excluding hydrogens is 172 g/mol. The maximum absolute atomic E-state index is 8.40. The van der Waals surface area contributed by atoms with E-state index < -0.39 is 0 Å². The molecule has 0 amide bonds. The van der Waals surface area contributed by atoms with Crippen molar-refractivity contribution in [1.82, 2.24) is 4.57 Å². The molecule has 14 heavy (non-hydrogen) atoms. The third kappa shape index (κ3) is 1.40. The summed E-state index contributed by atoms with van der Waals surface area (Å²) in [4.78, 5) is 0. The van der Waals surface area contributed by atoms with Crippen LogP contribution in [0.3, 0.4) is 0 Å². The summed E-state index contributed by atoms with van der Waals surface area (Å²) >= 11 is 0. The molecule has 0 N–H and O–H groups in total. The number of aromatic nitrogens is 1. The first-order valence-corrected chi connectivity index (χ1v) is 4.42. The number of allylic oxidation sites excluding steroid dienone is 1. The molecule has 0 radical (unpaired) electrons. The molecule has 0 unspecified atom stereocenters. The Morgan fingerprint density at radius 1 is 1.36 bits per heavy atom. The van der Waals surface area contributed by atoms with Crippen molar-refractivity contribution < 1.29 is 0 Å². The second-order valence-electron chi connectivity index (χ2n) is 3.21. The van der Waals surface area contributed by atoms with Gasteiger partial charge in [-0.05, 0) is 29.8 Å². The van der Waals surface area contributed by atoms with E-state index in [1.165, 1.54) is 17.0 Å². The highest BCUT2D eigenvalue weighted by Crippen LogP contribution is 2.17. The Hall–Kier alpha value is -2.01. The molecule has 0 bridgehead atoms. The molecule has 0 saturated heterocycles. The number of hydrogen-bond donors (Lipinski definition) is 0. The van der Waals surface area contributed by atoms with E-state index in [2.05, 4.69) is 22.8 Å². The number of aryl methyl sites for hydroxylation is 1. The van der Waals surface area contributed by atoms with Gasteiger partial charge in [-0.25, -0.2) is 0 Å². The van der Waals surface area contributed by atoms with Crippen molar-refractivity contribution in [3.05, 3.63) is 42.1 Å². The normalized spacial score (nSPS) is 10.9. The first kappa shape index (κ1) is 8.58. The van der Waals surface area contributed by atoms with Gasteiger partial charge in [-0.15, -0.1) is 0 Å². The van der Waals surface area contributed by atoms with Gasteiger partial charge in [-0.1, -0.05) is 6.07 Å². The van der Waals surface area contributed by atoms with Crippen LogP contribution in [0.1, 0.15) is 5.56 Å². The van der Waals surface area contributed by atoms with E-state index in [0.717, 1.165) is 5.56 Å². The fraction of sp³-hybridized carbons (Fsp3) is 0.0833. The molecular formula is C12H10N2. The predicted octanol–water partition coefficient (Wildman–Crippen LogP) is 2.72. The lowest BCUT2D eigenvalue weighted by Gasteiger charge is -1.96. The number of fused-ring (bicyclic) bond motifs is 1. The van der Waals surface area contributed by atoms with E-state index in [1.807, 2.05) is 31.5 Å². The molecule has 1 heterocycles. The van der Waals surface area contributed by atoms with E-state index in [0.29, 0.717) is 0 Å². The second kappa shape index (κ2) is 3.39. The minimum Gasteiger partial charge on any atom is -0.351 e. The Bertz CT molecular complexity index is 527. The van der Waals surface area contributed by atoms with E-state index in [9.17, 15) is 0 Å². The van der Waals surface area contributed by atoms with Crippen LogP contribution in [-0.4, -0.2) is 4.57 Å². The molecule has 0 spiro atoms. The smallest absolute Gasteiger partial charge is 0.0912 e. The molecule has 2 rings (SSSR count). The van der Waals surface area contributed by atoms with Gasteiger partial charge in [0.05, 0.1) is 6.07 Å². The van der Waals surface area contributed by atoms with Gasteiger partial charge in [0.15, 0.2) is 0 Å². The number of nitriles is 1. The number of benzene rings is 1. The molecule has 1 aromatic heterocycles. The van der Waals surface area contributed by atoms with Crippen molar-refractivity contribution >= 4 is 17.0 Å². The summed E-state index contributed by atoms with van der Waals surface area (Å²) in [6, 6.07) is 10.2. The first-order chi connectivity index (χ1) is 6.81. The van der Waals surface area contributed by atoms with Gasteiger partial charge in [0.25, 0.3) is 0 Å². The minimum atomic E-state index is 1.06. The van der Waals surface area contributed by atoms with Crippen LogP contribution >= 0.6 is 0 Å². The van der Waals surface area contributed by atoms with Crippen molar-refractivity contribution in [2.75, 3.05) is 0 Å². The summed E-state index contributed by atoms with van der Waals surface area (Å²) in [5.74, 6) is 0. The van der Waals surface area contributed by atoms with Crippen molar-refractivity contribution in [2.24, 2.45) is 7.05 Å². The third-order valence-corrected chi connectivity index (χ3v) is 2.26. The molecule has 0 fully saturated rings. The van der Waals surface area contributed by atoms with Gasteiger partial charge in [0.1, 0.15) is 0 Å². The SMILES string of the molecule is Cn1ccc2cc(C=CC#N)ccc21. The topological polar surface area (TPSA) is 28.7 Å². The molecule has 2 nitrogen and oxygen atoms in total. The largest absolute Gasteiger partial charge is 0.351 e. The first-order valence-electron chi connectivity index (χ1n) is 4.42. The highest BCUT2D eigenvalue weighted by Gasteiger charge is 1.96. The zero-order valence-corrected chi connectivity index (χ0v) is 7.94. The standard InChI is InChI=1S/C12H10N2/c1-14-8-6-11-9-10(3-2-7-13)4-5-12(11)14/h2-6,8-9H,1H3. The van der Waals surface area contributed by atoms with Gasteiger partial charge < -0.3 is 4.57 Å². The zero-order chi connectivity index (χ0) is 9.97. The fourth-order valence-corrected chi connectivity index (χ4v) is 1.54. The summed E-state index contributed by atoms with van der Waals surface area (Å²) < 4.78 is 2.08. The van der Waals surface area contributed by atoms with E-state index in [-0.39, 0.29) is 0 Å². The lowest BCUT2D eigenvalue weighted by Crippen LogP contribution is -1.82. The van der Waals surface area contributed by atoms with Crippen LogP contribution in [0.5, 0.6) is 0 Å². The molecule has 0 aliphatic heterocycles. The Kier molecular flexibility index (Phi) is 2.08. The predicted molar refractivity (Wildman–Crippen MR) is 57.6 cm³/mol. The molecule has 2 aromatic rings. The van der Waals surface area contributed by atoms with E-state index >= 15 is 0 Å². The average Bonchev–Trinajstić information content (AvgIpc) is 2.57. The Labute approximate surface area is 82.7 Å². The maximum Gasteiger partial charge on any atom is 0.0912 e. The molecule has 0 aliphatic carbocycles. The summed E-state index contributed by atoms with van der Waals surface area (Å²) in [5.41, 5.74) is 2.27. The Balaban J connectivity index is 2.53. The lowest BCUT2D eigenvalue weighted by molar-refractivity contribution is 0.969. The summed E-state index contributed by atoms with van der Waals surface area (Å²) in [7, 11) is 2.02. The Morgan fingerprint density at radius 2 is 2.21 bits per heavy atom. The van der Waals surface area contributed by atoms with Crippen LogP contribution in [0.25, 0.3) is 17.0 Å². The lowest BCUT2D eigenvalue weighted by atomic mass is 10.1. The van der Waals surface area contributed by atoms with Crippen molar-refractivity contribution in [1.29, 1.82) is 5.26 Å². The van der Waals surface area contributed by atoms with Crippen molar-refractivity contribution in [3.63, 3.8) is 0 Å². The van der Waals surface area contributed by atoms with Crippen LogP contribution in [0.4, 0.5) is 0 Å². The summed E-state index contributed by atoms with van der Waals surface area (Å²) in [6.45, 7) is 0. The monoisotopic (exact) mass is 182 g/mol. The molecule has 2 heteroatoms. The average molecular weight is 182 g/mol. The Morgan fingerprint density at radius 3 is 3.00 bits per heavy atom. The summed E-state index contributed by atoms with van der Waals surface area (Å²) in [5, 5.41) is 9.61. The molecule has 0 saturated carbocycles. The number of hydrogen-bond acceptors (Lipinski definition) is 1. The molecule has 68 valence electrons. The molecule has 0 atom stereocenters. The number of rotatable bonds is 1. The van der Waals surface area contributed by atoms with Crippen molar-refractivity contribution in [3.8, 4) is 6.07 Å². The quantitative estimate of drug-likeness (QED) is 0.623. The van der Waals surface area contributed by atoms with Crippen LogP contribution < -0.4 is 0 Å². The van der Waals surface area contributed by atoms with Gasteiger partial charge >= 0.3 is 0 Å². The van der Waals surface area contributed by atoms with Crippen LogP contribution in [0.15, 0.2) is 36.5 Å². The highest BCUT2D eigenvalue weighted by molar-refractivity contribution is 5.82. The van der Waals surface area contributed by atoms with Crippen molar-refractivity contribution in [2.45, 2.75) is 0 Å². The van der Waals surface area contributed by atoms with Gasteiger partial charge in [0, 0.05) is 30.2 Å². The zero-order valence-electron chi connectivity index (χ0n) is 7.94. The van der Waals surface area contributed by atoms with Gasteiger partial charge in [-0.3, -0.25) is 0 Å².